The van der Waals surface area contributed by atoms with Crippen molar-refractivity contribution in [3.63, 3.8) is 0 Å². The average molecular weight is 263 g/mol. The molecular formula is C14H9N5O. The van der Waals surface area contributed by atoms with Gasteiger partial charge in [-0.15, -0.1) is 0 Å². The largest absolute Gasteiger partial charge is 0.284 e. The summed E-state index contributed by atoms with van der Waals surface area (Å²) in [6.07, 6.45) is 3.59. The highest BCUT2D eigenvalue weighted by atomic mass is 16.6. The molecular weight excluding hydrogens is 254 g/mol. The van der Waals surface area contributed by atoms with Crippen LogP contribution in [0, 0.1) is 0 Å². The summed E-state index contributed by atoms with van der Waals surface area (Å²) in [6.45, 7) is 0. The molecule has 6 heteroatoms. The van der Waals surface area contributed by atoms with Gasteiger partial charge < -0.3 is 0 Å². The Hall–Kier alpha value is -3.02. The molecule has 3 heterocycles. The van der Waals surface area contributed by atoms with Crippen LogP contribution in [0.3, 0.4) is 0 Å². The molecule has 0 fully saturated rings. The first-order valence-corrected chi connectivity index (χ1v) is 6.10. The number of nitrogens with zero attached hydrogens (tertiary/aromatic N) is 4. The lowest BCUT2D eigenvalue weighted by Gasteiger charge is -2.01. The molecule has 96 valence electrons. The van der Waals surface area contributed by atoms with Gasteiger partial charge in [0, 0.05) is 18.0 Å². The van der Waals surface area contributed by atoms with Crippen LogP contribution in [0.1, 0.15) is 0 Å². The number of rotatable bonds is 2. The first-order chi connectivity index (χ1) is 9.92. The van der Waals surface area contributed by atoms with E-state index in [1.165, 1.54) is 0 Å². The van der Waals surface area contributed by atoms with E-state index < -0.39 is 0 Å². The molecule has 0 radical (unpaired) electrons. The SMILES string of the molecule is c1ccc(-c2n[nH]cc2-c2ccc3nonc3c2)nc1. The molecule has 0 aliphatic heterocycles. The minimum absolute atomic E-state index is 0.718. The van der Waals surface area contributed by atoms with Crippen LogP contribution in [0.5, 0.6) is 0 Å². The highest BCUT2D eigenvalue weighted by Crippen LogP contribution is 2.30. The van der Waals surface area contributed by atoms with Crippen LogP contribution in [0.4, 0.5) is 0 Å². The van der Waals surface area contributed by atoms with Crippen molar-refractivity contribution < 1.29 is 4.63 Å². The van der Waals surface area contributed by atoms with Crippen molar-refractivity contribution in [3.8, 4) is 22.5 Å². The second-order valence-corrected chi connectivity index (χ2v) is 4.33. The van der Waals surface area contributed by atoms with Crippen molar-refractivity contribution in [2.24, 2.45) is 0 Å². The normalized spacial score (nSPS) is 11.0. The Morgan fingerprint density at radius 2 is 1.95 bits per heavy atom. The molecule has 20 heavy (non-hydrogen) atoms. The van der Waals surface area contributed by atoms with E-state index in [0.717, 1.165) is 33.5 Å². The smallest absolute Gasteiger partial charge is 0.135 e. The fraction of sp³-hybridized carbons (Fsp3) is 0. The maximum absolute atomic E-state index is 4.72. The molecule has 3 aromatic heterocycles. The Balaban J connectivity index is 1.88. The highest BCUT2D eigenvalue weighted by molar-refractivity contribution is 5.85. The van der Waals surface area contributed by atoms with Gasteiger partial charge in [0.15, 0.2) is 0 Å². The van der Waals surface area contributed by atoms with E-state index in [1.807, 2.05) is 42.6 Å². The number of aromatic amines is 1. The van der Waals surface area contributed by atoms with Crippen LogP contribution in [0.2, 0.25) is 0 Å². The molecule has 0 saturated heterocycles. The number of H-pyrrole nitrogens is 1. The molecule has 4 rings (SSSR count). The van der Waals surface area contributed by atoms with Gasteiger partial charge in [-0.05, 0) is 40.1 Å². The zero-order chi connectivity index (χ0) is 13.4. The van der Waals surface area contributed by atoms with Crippen LogP contribution in [-0.2, 0) is 0 Å². The van der Waals surface area contributed by atoms with Crippen molar-refractivity contribution >= 4 is 11.0 Å². The van der Waals surface area contributed by atoms with Gasteiger partial charge in [0.05, 0.1) is 5.69 Å². The summed E-state index contributed by atoms with van der Waals surface area (Å²) in [7, 11) is 0. The number of fused-ring (bicyclic) bond motifs is 1. The van der Waals surface area contributed by atoms with Crippen LogP contribution < -0.4 is 0 Å². The van der Waals surface area contributed by atoms with E-state index in [4.69, 9.17) is 4.63 Å². The Morgan fingerprint density at radius 3 is 2.85 bits per heavy atom. The van der Waals surface area contributed by atoms with Crippen LogP contribution in [0.15, 0.2) is 53.4 Å². The summed E-state index contributed by atoms with van der Waals surface area (Å²) in [5, 5.41) is 14.8. The van der Waals surface area contributed by atoms with Crippen LogP contribution >= 0.6 is 0 Å². The quantitative estimate of drug-likeness (QED) is 0.601. The minimum atomic E-state index is 0.718. The lowest BCUT2D eigenvalue weighted by Crippen LogP contribution is -1.85. The highest BCUT2D eigenvalue weighted by Gasteiger charge is 2.12. The molecule has 6 nitrogen and oxygen atoms in total. The Bertz CT molecular complexity index is 865. The van der Waals surface area contributed by atoms with E-state index in [0.29, 0.717) is 0 Å². The molecule has 0 spiro atoms. The van der Waals surface area contributed by atoms with Gasteiger partial charge in [-0.2, -0.15) is 5.10 Å². The van der Waals surface area contributed by atoms with E-state index in [1.54, 1.807) is 6.20 Å². The summed E-state index contributed by atoms with van der Waals surface area (Å²) in [4.78, 5) is 4.33. The Kier molecular flexibility index (Phi) is 2.32. The van der Waals surface area contributed by atoms with Gasteiger partial charge in [-0.25, -0.2) is 4.63 Å². The van der Waals surface area contributed by atoms with Crippen LogP contribution in [0.25, 0.3) is 33.5 Å². The second-order valence-electron chi connectivity index (χ2n) is 4.33. The molecule has 0 bridgehead atoms. The Labute approximate surface area is 113 Å². The van der Waals surface area contributed by atoms with Gasteiger partial charge in [0.25, 0.3) is 0 Å². The van der Waals surface area contributed by atoms with Gasteiger partial charge in [0.1, 0.15) is 16.7 Å². The molecule has 1 aromatic carbocycles. The molecule has 0 amide bonds. The first kappa shape index (κ1) is 10.9. The number of nitrogens with one attached hydrogen (secondary N) is 1. The molecule has 0 aliphatic carbocycles. The predicted molar refractivity (Wildman–Crippen MR) is 72.6 cm³/mol. The van der Waals surface area contributed by atoms with Crippen molar-refractivity contribution in [3.05, 3.63) is 48.8 Å². The monoisotopic (exact) mass is 263 g/mol. The van der Waals surface area contributed by atoms with Gasteiger partial charge in [0.2, 0.25) is 0 Å². The van der Waals surface area contributed by atoms with Gasteiger partial charge in [-0.3, -0.25) is 10.1 Å². The number of hydrogen-bond donors (Lipinski definition) is 1. The zero-order valence-corrected chi connectivity index (χ0v) is 10.3. The minimum Gasteiger partial charge on any atom is -0.284 e. The van der Waals surface area contributed by atoms with E-state index in [-0.39, 0.29) is 0 Å². The maximum atomic E-state index is 4.72. The van der Waals surface area contributed by atoms with Crippen molar-refractivity contribution in [1.82, 2.24) is 25.5 Å². The second kappa shape index (κ2) is 4.27. The topological polar surface area (TPSA) is 80.5 Å². The molecule has 0 saturated carbocycles. The number of benzene rings is 1. The predicted octanol–water partition coefficient (Wildman–Crippen LogP) is 2.67. The summed E-state index contributed by atoms with van der Waals surface area (Å²) < 4.78 is 4.72. The molecule has 1 N–H and O–H groups in total. The van der Waals surface area contributed by atoms with Crippen LogP contribution in [-0.4, -0.2) is 25.5 Å². The molecule has 4 aromatic rings. The lowest BCUT2D eigenvalue weighted by atomic mass is 10.0. The van der Waals surface area contributed by atoms with Crippen molar-refractivity contribution in [1.29, 1.82) is 0 Å². The summed E-state index contributed by atoms with van der Waals surface area (Å²) in [5.41, 5.74) is 5.03. The number of hydrogen-bond acceptors (Lipinski definition) is 5. The molecule has 0 atom stereocenters. The van der Waals surface area contributed by atoms with Crippen molar-refractivity contribution in [2.75, 3.05) is 0 Å². The zero-order valence-electron chi connectivity index (χ0n) is 10.3. The average Bonchev–Trinajstić information content (AvgIpc) is 3.16. The molecule has 0 unspecified atom stereocenters. The standard InChI is InChI=1S/C14H9N5O/c1-2-6-15-12(3-1)14-10(8-16-17-14)9-4-5-11-13(7-9)19-20-18-11/h1-8H,(H,16,17). The lowest BCUT2D eigenvalue weighted by molar-refractivity contribution is 0.315. The van der Waals surface area contributed by atoms with Crippen molar-refractivity contribution in [2.45, 2.75) is 0 Å². The fourth-order valence-corrected chi connectivity index (χ4v) is 2.16. The first-order valence-electron chi connectivity index (χ1n) is 6.10. The van der Waals surface area contributed by atoms with E-state index in [2.05, 4.69) is 25.5 Å². The number of aromatic nitrogens is 5. The maximum Gasteiger partial charge on any atom is 0.135 e. The summed E-state index contributed by atoms with van der Waals surface area (Å²) >= 11 is 0. The van der Waals surface area contributed by atoms with Gasteiger partial charge in [-0.1, -0.05) is 12.1 Å². The molecule has 0 aliphatic rings. The van der Waals surface area contributed by atoms with Gasteiger partial charge >= 0.3 is 0 Å². The van der Waals surface area contributed by atoms with E-state index >= 15 is 0 Å². The third kappa shape index (κ3) is 1.66. The third-order valence-corrected chi connectivity index (χ3v) is 3.11. The Morgan fingerprint density at radius 1 is 1.00 bits per heavy atom. The summed E-state index contributed by atoms with van der Waals surface area (Å²) in [5.74, 6) is 0. The fourth-order valence-electron chi connectivity index (χ4n) is 2.16. The summed E-state index contributed by atoms with van der Waals surface area (Å²) in [6, 6.07) is 11.5. The third-order valence-electron chi connectivity index (χ3n) is 3.11. The number of pyridine rings is 1. The van der Waals surface area contributed by atoms with E-state index in [9.17, 15) is 0 Å².